The van der Waals surface area contributed by atoms with Crippen molar-refractivity contribution in [3.63, 3.8) is 0 Å². The van der Waals surface area contributed by atoms with E-state index in [-0.39, 0.29) is 24.6 Å². The lowest BCUT2D eigenvalue weighted by Crippen LogP contribution is -2.33. The van der Waals surface area contributed by atoms with E-state index in [0.29, 0.717) is 12.4 Å². The standard InChI is InChI=1S/C20H26N2O5/c1-4-5-6-11-22(13-18-21-17(14-27-18)20(24)26-3)19(23)12-15-7-9-16(25-2)10-8-15/h7-10,14H,4-6,11-13H2,1-3H3. The number of aromatic nitrogens is 1. The summed E-state index contributed by atoms with van der Waals surface area (Å²) < 4.78 is 15.1. The van der Waals surface area contributed by atoms with Crippen molar-refractivity contribution in [2.24, 2.45) is 0 Å². The number of unbranched alkanes of at least 4 members (excludes halogenated alkanes) is 2. The number of rotatable bonds is 10. The molecule has 0 unspecified atom stereocenters. The number of hydrogen-bond donors (Lipinski definition) is 0. The van der Waals surface area contributed by atoms with Crippen LogP contribution in [0.3, 0.4) is 0 Å². The van der Waals surface area contributed by atoms with E-state index in [9.17, 15) is 9.59 Å². The number of esters is 1. The summed E-state index contributed by atoms with van der Waals surface area (Å²) in [4.78, 5) is 30.1. The third-order valence-electron chi connectivity index (χ3n) is 4.17. The first-order valence-corrected chi connectivity index (χ1v) is 9.00. The number of amides is 1. The molecular weight excluding hydrogens is 348 g/mol. The first-order chi connectivity index (χ1) is 13.1. The lowest BCUT2D eigenvalue weighted by atomic mass is 10.1. The molecule has 7 heteroatoms. The zero-order valence-electron chi connectivity index (χ0n) is 16.1. The van der Waals surface area contributed by atoms with Gasteiger partial charge in [-0.05, 0) is 24.1 Å². The second-order valence-corrected chi connectivity index (χ2v) is 6.17. The van der Waals surface area contributed by atoms with E-state index in [2.05, 4.69) is 16.6 Å². The van der Waals surface area contributed by atoms with Crippen molar-refractivity contribution < 1.29 is 23.5 Å². The van der Waals surface area contributed by atoms with Crippen molar-refractivity contribution in [1.82, 2.24) is 9.88 Å². The number of hydrogen-bond acceptors (Lipinski definition) is 6. The van der Waals surface area contributed by atoms with Gasteiger partial charge in [-0.3, -0.25) is 4.79 Å². The SMILES string of the molecule is CCCCCN(Cc1nc(C(=O)OC)co1)C(=O)Cc1ccc(OC)cc1. The van der Waals surface area contributed by atoms with E-state index >= 15 is 0 Å². The molecule has 0 atom stereocenters. The maximum Gasteiger partial charge on any atom is 0.360 e. The molecule has 0 radical (unpaired) electrons. The highest BCUT2D eigenvalue weighted by Gasteiger charge is 2.19. The highest BCUT2D eigenvalue weighted by atomic mass is 16.5. The van der Waals surface area contributed by atoms with Crippen LogP contribution >= 0.6 is 0 Å². The topological polar surface area (TPSA) is 81.9 Å². The molecule has 1 heterocycles. The molecule has 0 fully saturated rings. The summed E-state index contributed by atoms with van der Waals surface area (Å²) in [5, 5.41) is 0. The fraction of sp³-hybridized carbons (Fsp3) is 0.450. The molecule has 0 aliphatic carbocycles. The molecule has 0 aliphatic heterocycles. The van der Waals surface area contributed by atoms with Crippen molar-refractivity contribution in [2.45, 2.75) is 39.2 Å². The monoisotopic (exact) mass is 374 g/mol. The van der Waals surface area contributed by atoms with Gasteiger partial charge in [-0.25, -0.2) is 9.78 Å². The molecule has 2 rings (SSSR count). The second kappa shape index (κ2) is 10.4. The van der Waals surface area contributed by atoms with Crippen LogP contribution in [0.15, 0.2) is 34.9 Å². The second-order valence-electron chi connectivity index (χ2n) is 6.17. The molecule has 0 saturated carbocycles. The number of benzene rings is 1. The maximum absolute atomic E-state index is 12.8. The van der Waals surface area contributed by atoms with Crippen LogP contribution in [0.5, 0.6) is 5.75 Å². The van der Waals surface area contributed by atoms with E-state index in [4.69, 9.17) is 9.15 Å². The molecule has 7 nitrogen and oxygen atoms in total. The minimum absolute atomic E-state index is 0.0194. The van der Waals surface area contributed by atoms with E-state index < -0.39 is 5.97 Å². The lowest BCUT2D eigenvalue weighted by molar-refractivity contribution is -0.131. The fourth-order valence-corrected chi connectivity index (χ4v) is 2.62. The summed E-state index contributed by atoms with van der Waals surface area (Å²) in [6.45, 7) is 2.94. The maximum atomic E-state index is 12.8. The van der Waals surface area contributed by atoms with Gasteiger partial charge in [0.05, 0.1) is 27.2 Å². The summed E-state index contributed by atoms with van der Waals surface area (Å²) >= 11 is 0. The highest BCUT2D eigenvalue weighted by molar-refractivity contribution is 5.86. The van der Waals surface area contributed by atoms with Gasteiger partial charge in [-0.2, -0.15) is 0 Å². The van der Waals surface area contributed by atoms with E-state index in [0.717, 1.165) is 30.6 Å². The summed E-state index contributed by atoms with van der Waals surface area (Å²) in [6.07, 6.45) is 4.52. The molecule has 0 saturated heterocycles. The minimum Gasteiger partial charge on any atom is -0.497 e. The summed E-state index contributed by atoms with van der Waals surface area (Å²) in [6, 6.07) is 7.42. The Bertz CT molecular complexity index is 739. The van der Waals surface area contributed by atoms with Crippen molar-refractivity contribution in [1.29, 1.82) is 0 Å². The zero-order valence-corrected chi connectivity index (χ0v) is 16.1. The van der Waals surface area contributed by atoms with Crippen LogP contribution in [0.25, 0.3) is 0 Å². The smallest absolute Gasteiger partial charge is 0.360 e. The Balaban J connectivity index is 2.06. The molecule has 0 aliphatic rings. The van der Waals surface area contributed by atoms with Crippen LogP contribution in [-0.4, -0.2) is 42.5 Å². The summed E-state index contributed by atoms with van der Waals surface area (Å²) in [7, 11) is 2.89. The van der Waals surface area contributed by atoms with E-state index in [1.807, 2.05) is 24.3 Å². The molecule has 0 N–H and O–H groups in total. The van der Waals surface area contributed by atoms with Crippen LogP contribution in [0.2, 0.25) is 0 Å². The number of nitrogens with zero attached hydrogens (tertiary/aromatic N) is 2. The first kappa shape index (κ1) is 20.5. The number of oxazole rings is 1. The van der Waals surface area contributed by atoms with E-state index in [1.54, 1.807) is 12.0 Å². The van der Waals surface area contributed by atoms with Gasteiger partial charge < -0.3 is 18.8 Å². The average Bonchev–Trinajstić information content (AvgIpc) is 3.16. The summed E-state index contributed by atoms with van der Waals surface area (Å²) in [5.74, 6) is 0.484. The molecule has 2 aromatic rings. The van der Waals surface area contributed by atoms with Crippen LogP contribution < -0.4 is 4.74 Å². The molecule has 1 amide bonds. The Morgan fingerprint density at radius 1 is 1.15 bits per heavy atom. The van der Waals surface area contributed by atoms with Gasteiger partial charge in [0.25, 0.3) is 0 Å². The summed E-state index contributed by atoms with van der Waals surface area (Å²) in [5.41, 5.74) is 1.01. The van der Waals surface area contributed by atoms with Gasteiger partial charge in [0, 0.05) is 6.54 Å². The quantitative estimate of drug-likeness (QED) is 0.469. The Hall–Kier alpha value is -2.83. The number of methoxy groups -OCH3 is 2. The Labute approximate surface area is 159 Å². The van der Waals surface area contributed by atoms with E-state index in [1.165, 1.54) is 13.4 Å². The van der Waals surface area contributed by atoms with Crippen molar-refractivity contribution in [3.8, 4) is 5.75 Å². The predicted octanol–water partition coefficient (Wildman–Crippen LogP) is 3.23. The van der Waals surface area contributed by atoms with Gasteiger partial charge in [0.15, 0.2) is 5.69 Å². The van der Waals surface area contributed by atoms with Gasteiger partial charge in [0.2, 0.25) is 11.8 Å². The largest absolute Gasteiger partial charge is 0.497 e. The van der Waals surface area contributed by atoms with Crippen LogP contribution in [0.1, 0.15) is 48.1 Å². The molecule has 0 bridgehead atoms. The molecule has 1 aromatic heterocycles. The Morgan fingerprint density at radius 3 is 2.52 bits per heavy atom. The van der Waals surface area contributed by atoms with Crippen molar-refractivity contribution in [3.05, 3.63) is 47.7 Å². The minimum atomic E-state index is -0.563. The van der Waals surface area contributed by atoms with Gasteiger partial charge in [0.1, 0.15) is 12.0 Å². The number of carbonyl (C=O) groups is 2. The number of carbonyl (C=O) groups excluding carboxylic acids is 2. The van der Waals surface area contributed by atoms with Gasteiger partial charge in [-0.15, -0.1) is 0 Å². The molecule has 146 valence electrons. The Kier molecular flexibility index (Phi) is 7.85. The van der Waals surface area contributed by atoms with Crippen molar-refractivity contribution >= 4 is 11.9 Å². The van der Waals surface area contributed by atoms with Gasteiger partial charge >= 0.3 is 5.97 Å². The number of ether oxygens (including phenoxy) is 2. The van der Waals surface area contributed by atoms with Crippen LogP contribution in [0, 0.1) is 0 Å². The first-order valence-electron chi connectivity index (χ1n) is 9.00. The normalized spacial score (nSPS) is 10.5. The highest BCUT2D eigenvalue weighted by Crippen LogP contribution is 2.14. The zero-order chi connectivity index (χ0) is 19.6. The lowest BCUT2D eigenvalue weighted by Gasteiger charge is -2.21. The van der Waals surface area contributed by atoms with Crippen molar-refractivity contribution in [2.75, 3.05) is 20.8 Å². The fourth-order valence-electron chi connectivity index (χ4n) is 2.62. The third-order valence-corrected chi connectivity index (χ3v) is 4.17. The molecule has 27 heavy (non-hydrogen) atoms. The molecule has 0 spiro atoms. The molecule has 1 aromatic carbocycles. The van der Waals surface area contributed by atoms with Crippen LogP contribution in [-0.2, 0) is 22.5 Å². The van der Waals surface area contributed by atoms with Crippen LogP contribution in [0.4, 0.5) is 0 Å². The molecular formula is C20H26N2O5. The average molecular weight is 374 g/mol. The van der Waals surface area contributed by atoms with Gasteiger partial charge in [-0.1, -0.05) is 31.9 Å². The predicted molar refractivity (Wildman–Crippen MR) is 99.5 cm³/mol. The Morgan fingerprint density at radius 2 is 1.89 bits per heavy atom. The third kappa shape index (κ3) is 6.13.